The van der Waals surface area contributed by atoms with Crippen molar-refractivity contribution in [2.24, 2.45) is 5.41 Å². The molecule has 0 spiro atoms. The van der Waals surface area contributed by atoms with Crippen LogP contribution in [0.5, 0.6) is 5.75 Å². The van der Waals surface area contributed by atoms with Crippen LogP contribution in [0.3, 0.4) is 0 Å². The van der Waals surface area contributed by atoms with Gasteiger partial charge in [0.2, 0.25) is 18.1 Å². The standard InChI is InChI=1S/C27H36ClN3O7/c1-5-36-26-17(14-20(32)38-26)29-24(34)18-9-7-13-31(18)25(35)22(27(2,3)4)30-23(33)16-8-6-10-19(21(16)28)37-15-11-12-15/h6,8,10,15,17-18,22,26H,5,7,9,11-14H2,1-4H3,(H,29,34)(H,30,33)/t17-,18-,22+,26+/m0/s1. The van der Waals surface area contributed by atoms with Crippen LogP contribution >= 0.6 is 11.6 Å². The summed E-state index contributed by atoms with van der Waals surface area (Å²) in [5, 5.41) is 5.89. The lowest BCUT2D eigenvalue weighted by atomic mass is 9.85. The Hall–Kier alpha value is -2.85. The van der Waals surface area contributed by atoms with Crippen molar-refractivity contribution in [1.82, 2.24) is 15.5 Å². The van der Waals surface area contributed by atoms with Crippen molar-refractivity contribution >= 4 is 35.3 Å². The van der Waals surface area contributed by atoms with E-state index in [0.717, 1.165) is 12.8 Å². The fourth-order valence-electron chi connectivity index (χ4n) is 4.72. The first-order chi connectivity index (χ1) is 18.0. The third-order valence-corrected chi connectivity index (χ3v) is 7.26. The molecule has 0 aromatic heterocycles. The van der Waals surface area contributed by atoms with Gasteiger partial charge in [0.25, 0.3) is 5.91 Å². The number of nitrogens with one attached hydrogen (secondary N) is 2. The number of halogens is 1. The zero-order valence-corrected chi connectivity index (χ0v) is 23.0. The van der Waals surface area contributed by atoms with E-state index in [1.807, 2.05) is 20.8 Å². The van der Waals surface area contributed by atoms with Crippen molar-refractivity contribution in [3.05, 3.63) is 28.8 Å². The lowest BCUT2D eigenvalue weighted by Crippen LogP contribution is -2.58. The first kappa shape index (κ1) is 28.2. The fraction of sp³-hybridized carbons (Fsp3) is 0.630. The van der Waals surface area contributed by atoms with Crippen LogP contribution in [0.2, 0.25) is 5.02 Å². The highest BCUT2D eigenvalue weighted by Crippen LogP contribution is 2.34. The summed E-state index contributed by atoms with van der Waals surface area (Å²) in [5.41, 5.74) is -0.438. The molecule has 0 radical (unpaired) electrons. The van der Waals surface area contributed by atoms with E-state index in [1.165, 1.54) is 4.90 Å². The SMILES string of the molecule is CCO[C@@H]1OC(=O)C[C@@H]1NC(=O)[C@@H]1CCCN1C(=O)[C@@H](NC(=O)c1cccc(OC2CC2)c1Cl)C(C)(C)C. The molecule has 2 N–H and O–H groups in total. The third-order valence-electron chi connectivity index (χ3n) is 6.87. The lowest BCUT2D eigenvalue weighted by Gasteiger charge is -2.35. The number of hydrogen-bond acceptors (Lipinski definition) is 7. The van der Waals surface area contributed by atoms with E-state index in [9.17, 15) is 19.2 Å². The fourth-order valence-corrected chi connectivity index (χ4v) is 4.97. The van der Waals surface area contributed by atoms with Crippen LogP contribution in [0.4, 0.5) is 0 Å². The minimum atomic E-state index is -0.917. The topological polar surface area (TPSA) is 123 Å². The summed E-state index contributed by atoms with van der Waals surface area (Å²) in [5.74, 6) is -1.24. The summed E-state index contributed by atoms with van der Waals surface area (Å²) in [6.45, 7) is 8.02. The quantitative estimate of drug-likeness (QED) is 0.454. The second kappa shape index (κ2) is 11.5. The summed E-state index contributed by atoms with van der Waals surface area (Å²) in [6.07, 6.45) is 2.27. The molecule has 1 aromatic carbocycles. The number of amides is 3. The highest BCUT2D eigenvalue weighted by molar-refractivity contribution is 6.35. The minimum absolute atomic E-state index is 0.00201. The molecule has 0 unspecified atom stereocenters. The predicted octanol–water partition coefficient (Wildman–Crippen LogP) is 2.81. The Bertz CT molecular complexity index is 1080. The van der Waals surface area contributed by atoms with Gasteiger partial charge in [-0.2, -0.15) is 0 Å². The van der Waals surface area contributed by atoms with Gasteiger partial charge in [-0.3, -0.25) is 19.2 Å². The van der Waals surface area contributed by atoms with Crippen molar-refractivity contribution in [3.63, 3.8) is 0 Å². The van der Waals surface area contributed by atoms with Crippen molar-refractivity contribution in [1.29, 1.82) is 0 Å². The number of carbonyl (C=O) groups excluding carboxylic acids is 4. The van der Waals surface area contributed by atoms with Crippen molar-refractivity contribution < 1.29 is 33.4 Å². The van der Waals surface area contributed by atoms with Crippen molar-refractivity contribution in [3.8, 4) is 5.75 Å². The molecular formula is C27H36ClN3O7. The summed E-state index contributed by atoms with van der Waals surface area (Å²) < 4.78 is 16.4. The molecule has 3 fully saturated rings. The maximum Gasteiger partial charge on any atom is 0.310 e. The Morgan fingerprint density at radius 3 is 2.61 bits per heavy atom. The molecule has 4 atom stereocenters. The Kier molecular flexibility index (Phi) is 8.52. The molecule has 4 rings (SSSR count). The van der Waals surface area contributed by atoms with Gasteiger partial charge in [-0.1, -0.05) is 38.4 Å². The van der Waals surface area contributed by atoms with E-state index in [4.69, 9.17) is 25.8 Å². The monoisotopic (exact) mass is 549 g/mol. The first-order valence-corrected chi connectivity index (χ1v) is 13.5. The van der Waals surface area contributed by atoms with Gasteiger partial charge >= 0.3 is 5.97 Å². The summed E-state index contributed by atoms with van der Waals surface area (Å²) in [4.78, 5) is 53.6. The Morgan fingerprint density at radius 2 is 1.95 bits per heavy atom. The van der Waals surface area contributed by atoms with Crippen LogP contribution in [0.25, 0.3) is 0 Å². The van der Waals surface area contributed by atoms with Gasteiger partial charge in [0.1, 0.15) is 23.9 Å². The zero-order valence-electron chi connectivity index (χ0n) is 22.3. The van der Waals surface area contributed by atoms with Gasteiger partial charge in [0, 0.05) is 13.2 Å². The molecule has 208 valence electrons. The minimum Gasteiger partial charge on any atom is -0.489 e. The Labute approximate surface area is 227 Å². The Morgan fingerprint density at radius 1 is 1.21 bits per heavy atom. The van der Waals surface area contributed by atoms with Crippen LogP contribution in [0.15, 0.2) is 18.2 Å². The van der Waals surface area contributed by atoms with Crippen LogP contribution in [-0.4, -0.2) is 72.3 Å². The highest BCUT2D eigenvalue weighted by Gasteiger charge is 2.44. The number of hydrogen-bond donors (Lipinski definition) is 2. The van der Waals surface area contributed by atoms with Gasteiger partial charge in [-0.15, -0.1) is 0 Å². The molecule has 11 heteroatoms. The molecule has 38 heavy (non-hydrogen) atoms. The molecule has 3 aliphatic rings. The molecule has 3 amide bonds. The van der Waals surface area contributed by atoms with E-state index in [0.29, 0.717) is 31.7 Å². The summed E-state index contributed by atoms with van der Waals surface area (Å²) >= 11 is 6.49. The van der Waals surface area contributed by atoms with Gasteiger partial charge < -0.3 is 29.7 Å². The molecule has 10 nitrogen and oxygen atoms in total. The smallest absolute Gasteiger partial charge is 0.310 e. The second-order valence-corrected chi connectivity index (χ2v) is 11.4. The van der Waals surface area contributed by atoms with Crippen molar-refractivity contribution in [2.45, 2.75) is 90.3 Å². The molecule has 1 aromatic rings. The van der Waals surface area contributed by atoms with Crippen LogP contribution < -0.4 is 15.4 Å². The maximum atomic E-state index is 13.8. The van der Waals surface area contributed by atoms with E-state index < -0.39 is 41.7 Å². The van der Waals surface area contributed by atoms with Gasteiger partial charge in [-0.05, 0) is 50.2 Å². The summed E-state index contributed by atoms with van der Waals surface area (Å²) in [6, 6.07) is 2.73. The van der Waals surface area contributed by atoms with E-state index >= 15 is 0 Å². The lowest BCUT2D eigenvalue weighted by molar-refractivity contribution is -0.164. The zero-order chi connectivity index (χ0) is 27.6. The number of benzene rings is 1. The highest BCUT2D eigenvalue weighted by atomic mass is 35.5. The van der Waals surface area contributed by atoms with Gasteiger partial charge in [-0.25, -0.2) is 0 Å². The normalized spacial score (nSPS) is 24.1. The Balaban J connectivity index is 1.47. The third kappa shape index (κ3) is 6.40. The molecule has 1 aliphatic carbocycles. The van der Waals surface area contributed by atoms with Gasteiger partial charge in [0.15, 0.2) is 0 Å². The number of esters is 1. The van der Waals surface area contributed by atoms with Crippen molar-refractivity contribution in [2.75, 3.05) is 13.2 Å². The maximum absolute atomic E-state index is 13.8. The van der Waals surface area contributed by atoms with E-state index in [1.54, 1.807) is 25.1 Å². The number of rotatable bonds is 9. The first-order valence-electron chi connectivity index (χ1n) is 13.2. The van der Waals surface area contributed by atoms with Crippen LogP contribution in [-0.2, 0) is 23.9 Å². The number of likely N-dealkylation sites (tertiary alicyclic amines) is 1. The molecule has 1 saturated carbocycles. The number of ether oxygens (including phenoxy) is 3. The number of carbonyl (C=O) groups is 4. The average Bonchev–Trinajstić information content (AvgIpc) is 3.40. The van der Waals surface area contributed by atoms with Crippen LogP contribution in [0.1, 0.15) is 70.2 Å². The largest absolute Gasteiger partial charge is 0.489 e. The second-order valence-electron chi connectivity index (χ2n) is 11.0. The predicted molar refractivity (Wildman–Crippen MR) is 139 cm³/mol. The molecule has 0 bridgehead atoms. The van der Waals surface area contributed by atoms with E-state index in [-0.39, 0.29) is 34.9 Å². The van der Waals surface area contributed by atoms with Crippen LogP contribution in [0, 0.1) is 5.41 Å². The average molecular weight is 550 g/mol. The van der Waals surface area contributed by atoms with Gasteiger partial charge in [0.05, 0.1) is 23.1 Å². The van der Waals surface area contributed by atoms with E-state index in [2.05, 4.69) is 10.6 Å². The molecule has 2 saturated heterocycles. The molecule has 2 aliphatic heterocycles. The molecular weight excluding hydrogens is 514 g/mol. The molecule has 2 heterocycles. The summed E-state index contributed by atoms with van der Waals surface area (Å²) in [7, 11) is 0. The number of cyclic esters (lactones) is 1. The number of nitrogens with zero attached hydrogens (tertiary/aromatic N) is 1.